The normalized spacial score (nSPS) is 15.2. The van der Waals surface area contributed by atoms with E-state index in [0.717, 1.165) is 32.1 Å². The van der Waals surface area contributed by atoms with E-state index in [1.54, 1.807) is 0 Å². The maximum Gasteiger partial charge on any atom is 0.0469 e. The number of rotatable bonds is 10. The van der Waals surface area contributed by atoms with Crippen LogP contribution < -0.4 is 5.32 Å². The number of hydrogen-bond donors (Lipinski definition) is 1. The van der Waals surface area contributed by atoms with Crippen molar-refractivity contribution in [3.8, 4) is 0 Å². The first-order valence-corrected chi connectivity index (χ1v) is 6.57. The molecule has 0 fully saturated rings. The van der Waals surface area contributed by atoms with Crippen molar-refractivity contribution >= 4 is 0 Å². The SMILES string of the molecule is CCCNC(CC)C(C)CCOCCC. The fourth-order valence-corrected chi connectivity index (χ4v) is 1.79. The van der Waals surface area contributed by atoms with Gasteiger partial charge < -0.3 is 10.1 Å². The fraction of sp³-hybridized carbons (Fsp3) is 1.00. The molecule has 0 amide bonds. The average molecular weight is 215 g/mol. The van der Waals surface area contributed by atoms with Gasteiger partial charge in [-0.1, -0.05) is 27.7 Å². The third-order valence-electron chi connectivity index (χ3n) is 2.85. The Kier molecular flexibility index (Phi) is 10.4. The topological polar surface area (TPSA) is 21.3 Å². The van der Waals surface area contributed by atoms with Crippen molar-refractivity contribution in [3.63, 3.8) is 0 Å². The van der Waals surface area contributed by atoms with Gasteiger partial charge in [-0.2, -0.15) is 0 Å². The lowest BCUT2D eigenvalue weighted by Crippen LogP contribution is -2.35. The van der Waals surface area contributed by atoms with Gasteiger partial charge in [-0.05, 0) is 38.1 Å². The summed E-state index contributed by atoms with van der Waals surface area (Å²) in [5.74, 6) is 0.721. The molecule has 0 radical (unpaired) electrons. The zero-order valence-electron chi connectivity index (χ0n) is 11.0. The minimum atomic E-state index is 0.662. The molecule has 1 N–H and O–H groups in total. The second kappa shape index (κ2) is 10.4. The van der Waals surface area contributed by atoms with Crippen LogP contribution in [0, 0.1) is 5.92 Å². The van der Waals surface area contributed by atoms with E-state index in [9.17, 15) is 0 Å². The number of hydrogen-bond acceptors (Lipinski definition) is 2. The summed E-state index contributed by atoms with van der Waals surface area (Å²) < 4.78 is 5.52. The van der Waals surface area contributed by atoms with Crippen LogP contribution in [0.3, 0.4) is 0 Å². The molecule has 0 aromatic heterocycles. The average Bonchev–Trinajstić information content (AvgIpc) is 2.25. The summed E-state index contributed by atoms with van der Waals surface area (Å²) in [7, 11) is 0. The third kappa shape index (κ3) is 7.80. The summed E-state index contributed by atoms with van der Waals surface area (Å²) in [6.07, 6.45) is 4.74. The van der Waals surface area contributed by atoms with Crippen molar-refractivity contribution < 1.29 is 4.74 Å². The van der Waals surface area contributed by atoms with Crippen LogP contribution >= 0.6 is 0 Å². The first kappa shape index (κ1) is 14.9. The summed E-state index contributed by atoms with van der Waals surface area (Å²) in [5.41, 5.74) is 0. The first-order valence-electron chi connectivity index (χ1n) is 6.57. The highest BCUT2D eigenvalue weighted by molar-refractivity contribution is 4.71. The van der Waals surface area contributed by atoms with Crippen molar-refractivity contribution in [3.05, 3.63) is 0 Å². The van der Waals surface area contributed by atoms with E-state index in [1.807, 2.05) is 0 Å². The smallest absolute Gasteiger partial charge is 0.0469 e. The quantitative estimate of drug-likeness (QED) is 0.565. The van der Waals surface area contributed by atoms with E-state index < -0.39 is 0 Å². The Morgan fingerprint density at radius 1 is 1.07 bits per heavy atom. The molecule has 0 aromatic carbocycles. The monoisotopic (exact) mass is 215 g/mol. The molecule has 0 saturated carbocycles. The zero-order chi connectivity index (χ0) is 11.5. The second-order valence-electron chi connectivity index (χ2n) is 4.35. The molecule has 15 heavy (non-hydrogen) atoms. The van der Waals surface area contributed by atoms with Gasteiger partial charge in [-0.25, -0.2) is 0 Å². The van der Waals surface area contributed by atoms with Crippen LogP contribution in [0.5, 0.6) is 0 Å². The second-order valence-corrected chi connectivity index (χ2v) is 4.35. The standard InChI is InChI=1S/C13H29NO/c1-5-9-14-13(7-3)12(4)8-11-15-10-6-2/h12-14H,5-11H2,1-4H3. The summed E-state index contributed by atoms with van der Waals surface area (Å²) in [6, 6.07) is 0.662. The van der Waals surface area contributed by atoms with Crippen LogP contribution in [0.15, 0.2) is 0 Å². The van der Waals surface area contributed by atoms with Gasteiger partial charge in [0.2, 0.25) is 0 Å². The predicted molar refractivity (Wildman–Crippen MR) is 67.3 cm³/mol. The van der Waals surface area contributed by atoms with E-state index in [1.165, 1.54) is 19.3 Å². The highest BCUT2D eigenvalue weighted by Crippen LogP contribution is 2.11. The lowest BCUT2D eigenvalue weighted by molar-refractivity contribution is 0.116. The molecular formula is C13H29NO. The molecule has 0 heterocycles. The van der Waals surface area contributed by atoms with E-state index >= 15 is 0 Å². The highest BCUT2D eigenvalue weighted by atomic mass is 16.5. The summed E-state index contributed by atoms with van der Waals surface area (Å²) in [5, 5.41) is 3.60. The minimum absolute atomic E-state index is 0.662. The van der Waals surface area contributed by atoms with E-state index in [2.05, 4.69) is 33.0 Å². The Bertz CT molecular complexity index is 128. The minimum Gasteiger partial charge on any atom is -0.381 e. The van der Waals surface area contributed by atoms with E-state index in [4.69, 9.17) is 4.74 Å². The van der Waals surface area contributed by atoms with E-state index in [-0.39, 0.29) is 0 Å². The molecule has 0 aliphatic rings. The van der Waals surface area contributed by atoms with Crippen LogP contribution in [-0.4, -0.2) is 25.8 Å². The summed E-state index contributed by atoms with van der Waals surface area (Å²) in [4.78, 5) is 0. The fourth-order valence-electron chi connectivity index (χ4n) is 1.79. The third-order valence-corrected chi connectivity index (χ3v) is 2.85. The maximum atomic E-state index is 5.52. The molecule has 0 saturated heterocycles. The van der Waals surface area contributed by atoms with Crippen LogP contribution in [0.1, 0.15) is 53.4 Å². The highest BCUT2D eigenvalue weighted by Gasteiger charge is 2.13. The Labute approximate surface area is 95.8 Å². The molecule has 0 aliphatic heterocycles. The van der Waals surface area contributed by atoms with Crippen molar-refractivity contribution in [2.75, 3.05) is 19.8 Å². The zero-order valence-corrected chi connectivity index (χ0v) is 11.0. The largest absolute Gasteiger partial charge is 0.381 e. The number of ether oxygens (including phenoxy) is 1. The Balaban J connectivity index is 3.58. The lowest BCUT2D eigenvalue weighted by atomic mass is 9.96. The number of nitrogens with one attached hydrogen (secondary N) is 1. The van der Waals surface area contributed by atoms with Crippen molar-refractivity contribution in [1.82, 2.24) is 5.32 Å². The molecule has 2 atom stereocenters. The Morgan fingerprint density at radius 3 is 2.33 bits per heavy atom. The van der Waals surface area contributed by atoms with Crippen LogP contribution in [0.2, 0.25) is 0 Å². The maximum absolute atomic E-state index is 5.52. The van der Waals surface area contributed by atoms with Crippen LogP contribution in [0.4, 0.5) is 0 Å². The molecule has 2 nitrogen and oxygen atoms in total. The van der Waals surface area contributed by atoms with Crippen LogP contribution in [-0.2, 0) is 4.74 Å². The van der Waals surface area contributed by atoms with Crippen molar-refractivity contribution in [2.45, 2.75) is 59.4 Å². The molecule has 0 aliphatic carbocycles. The van der Waals surface area contributed by atoms with Gasteiger partial charge in [-0.15, -0.1) is 0 Å². The lowest BCUT2D eigenvalue weighted by Gasteiger charge is -2.23. The summed E-state index contributed by atoms with van der Waals surface area (Å²) in [6.45, 7) is 11.9. The van der Waals surface area contributed by atoms with Crippen LogP contribution in [0.25, 0.3) is 0 Å². The van der Waals surface area contributed by atoms with Gasteiger partial charge in [-0.3, -0.25) is 0 Å². The van der Waals surface area contributed by atoms with Gasteiger partial charge in [0.25, 0.3) is 0 Å². The van der Waals surface area contributed by atoms with Gasteiger partial charge in [0.1, 0.15) is 0 Å². The van der Waals surface area contributed by atoms with Crippen molar-refractivity contribution in [2.24, 2.45) is 5.92 Å². The van der Waals surface area contributed by atoms with Gasteiger partial charge in [0.15, 0.2) is 0 Å². The molecule has 92 valence electrons. The molecule has 0 spiro atoms. The molecule has 0 rings (SSSR count). The Hall–Kier alpha value is -0.0800. The van der Waals surface area contributed by atoms with Gasteiger partial charge in [0.05, 0.1) is 0 Å². The molecular weight excluding hydrogens is 186 g/mol. The molecule has 2 heteroatoms. The molecule has 0 bridgehead atoms. The van der Waals surface area contributed by atoms with Gasteiger partial charge in [0, 0.05) is 19.3 Å². The predicted octanol–water partition coefficient (Wildman–Crippen LogP) is 3.22. The van der Waals surface area contributed by atoms with E-state index in [0.29, 0.717) is 6.04 Å². The molecule has 0 aromatic rings. The summed E-state index contributed by atoms with van der Waals surface area (Å²) >= 11 is 0. The van der Waals surface area contributed by atoms with Gasteiger partial charge >= 0.3 is 0 Å². The molecule has 2 unspecified atom stereocenters. The van der Waals surface area contributed by atoms with Crippen molar-refractivity contribution in [1.29, 1.82) is 0 Å². The Morgan fingerprint density at radius 2 is 1.80 bits per heavy atom. The first-order chi connectivity index (χ1) is 7.26.